The molecule has 80 valence electrons. The normalized spacial score (nSPS) is 13.1. The zero-order valence-electron chi connectivity index (χ0n) is 8.10. The van der Waals surface area contributed by atoms with Crippen LogP contribution in [0, 0.1) is 6.92 Å². The topological polar surface area (TPSA) is 91.4 Å². The molecule has 0 saturated heterocycles. The molecule has 6 heteroatoms. The molecule has 0 saturated carbocycles. The summed E-state index contributed by atoms with van der Waals surface area (Å²) in [6.45, 7) is 2.53. The number of aryl methyl sites for hydroxylation is 1. The van der Waals surface area contributed by atoms with Crippen molar-refractivity contribution in [1.29, 1.82) is 0 Å². The van der Waals surface area contributed by atoms with Crippen molar-refractivity contribution in [3.63, 3.8) is 0 Å². The van der Waals surface area contributed by atoms with E-state index in [0.29, 0.717) is 31.2 Å². The number of hydrogen-bond acceptors (Lipinski definition) is 6. The summed E-state index contributed by atoms with van der Waals surface area (Å²) in [6, 6.07) is 0. The van der Waals surface area contributed by atoms with Crippen LogP contribution >= 0.6 is 0 Å². The third-order valence-electron chi connectivity index (χ3n) is 1.68. The summed E-state index contributed by atoms with van der Waals surface area (Å²) in [4.78, 5) is 4.02. The van der Waals surface area contributed by atoms with E-state index in [2.05, 4.69) is 15.5 Å². The molecule has 1 heterocycles. The molecule has 1 unspecified atom stereocenters. The molecule has 0 amide bonds. The first-order chi connectivity index (χ1) is 6.72. The van der Waals surface area contributed by atoms with Crippen LogP contribution < -0.4 is 5.32 Å². The molecule has 1 rings (SSSR count). The second kappa shape index (κ2) is 5.69. The number of rotatable bonds is 6. The maximum atomic E-state index is 9.00. The van der Waals surface area contributed by atoms with Gasteiger partial charge in [0.2, 0.25) is 5.89 Å². The second-order valence-corrected chi connectivity index (χ2v) is 3.03. The largest absolute Gasteiger partial charge is 0.394 e. The standard InChI is InChI=1S/C8H15N3O3/c1-6-10-8(14-11-6)2-3-9-4-7(13)5-12/h7,9,12-13H,2-5H2,1H3. The first kappa shape index (κ1) is 11.1. The van der Waals surface area contributed by atoms with Gasteiger partial charge < -0.3 is 20.1 Å². The van der Waals surface area contributed by atoms with E-state index in [0.717, 1.165) is 0 Å². The van der Waals surface area contributed by atoms with Crippen LogP contribution in [0.1, 0.15) is 11.7 Å². The van der Waals surface area contributed by atoms with Crippen LogP contribution in [0.15, 0.2) is 4.52 Å². The number of aromatic nitrogens is 2. The van der Waals surface area contributed by atoms with Gasteiger partial charge in [0.25, 0.3) is 0 Å². The van der Waals surface area contributed by atoms with E-state index in [1.807, 2.05) is 0 Å². The zero-order valence-corrected chi connectivity index (χ0v) is 8.10. The van der Waals surface area contributed by atoms with Crippen LogP contribution in [-0.2, 0) is 6.42 Å². The lowest BCUT2D eigenvalue weighted by Gasteiger charge is -2.06. The van der Waals surface area contributed by atoms with Crippen molar-refractivity contribution in [3.8, 4) is 0 Å². The lowest BCUT2D eigenvalue weighted by atomic mass is 10.3. The van der Waals surface area contributed by atoms with Crippen LogP contribution in [0.2, 0.25) is 0 Å². The van der Waals surface area contributed by atoms with Crippen LogP contribution in [-0.4, -0.2) is 46.2 Å². The highest BCUT2D eigenvalue weighted by molar-refractivity contribution is 4.83. The predicted octanol–water partition coefficient (Wildman–Crippen LogP) is -1.14. The molecule has 0 aliphatic carbocycles. The maximum Gasteiger partial charge on any atom is 0.227 e. The summed E-state index contributed by atoms with van der Waals surface area (Å²) in [5.74, 6) is 1.20. The molecular weight excluding hydrogens is 186 g/mol. The molecule has 14 heavy (non-hydrogen) atoms. The van der Waals surface area contributed by atoms with E-state index in [4.69, 9.17) is 14.7 Å². The van der Waals surface area contributed by atoms with Crippen molar-refractivity contribution < 1.29 is 14.7 Å². The van der Waals surface area contributed by atoms with Crippen LogP contribution in [0.3, 0.4) is 0 Å². The van der Waals surface area contributed by atoms with Gasteiger partial charge in [-0.15, -0.1) is 0 Å². The lowest BCUT2D eigenvalue weighted by Crippen LogP contribution is -2.30. The van der Waals surface area contributed by atoms with E-state index >= 15 is 0 Å². The third-order valence-corrected chi connectivity index (χ3v) is 1.68. The van der Waals surface area contributed by atoms with Crippen LogP contribution in [0.4, 0.5) is 0 Å². The quantitative estimate of drug-likeness (QED) is 0.504. The molecule has 0 aliphatic heterocycles. The highest BCUT2D eigenvalue weighted by atomic mass is 16.5. The fourth-order valence-electron chi connectivity index (χ4n) is 0.970. The molecule has 0 aliphatic rings. The van der Waals surface area contributed by atoms with E-state index in [1.54, 1.807) is 6.92 Å². The van der Waals surface area contributed by atoms with Crippen molar-refractivity contribution in [2.45, 2.75) is 19.4 Å². The summed E-state index contributed by atoms with van der Waals surface area (Å²) >= 11 is 0. The minimum absolute atomic E-state index is 0.229. The van der Waals surface area contributed by atoms with Crippen molar-refractivity contribution in [1.82, 2.24) is 15.5 Å². The Bertz CT molecular complexity index is 264. The molecule has 0 fully saturated rings. The molecule has 3 N–H and O–H groups in total. The van der Waals surface area contributed by atoms with E-state index in [-0.39, 0.29) is 6.61 Å². The molecule has 0 radical (unpaired) electrons. The molecule has 1 atom stereocenters. The van der Waals surface area contributed by atoms with E-state index in [9.17, 15) is 0 Å². The SMILES string of the molecule is Cc1noc(CCNCC(O)CO)n1. The zero-order chi connectivity index (χ0) is 10.4. The molecule has 0 spiro atoms. The van der Waals surface area contributed by atoms with Gasteiger partial charge in [-0.05, 0) is 6.92 Å². The summed E-state index contributed by atoms with van der Waals surface area (Å²) in [6.07, 6.45) is -0.0849. The van der Waals surface area contributed by atoms with Gasteiger partial charge in [-0.2, -0.15) is 4.98 Å². The van der Waals surface area contributed by atoms with Gasteiger partial charge in [-0.3, -0.25) is 0 Å². The Morgan fingerprint density at radius 3 is 2.93 bits per heavy atom. The summed E-state index contributed by atoms with van der Waals surface area (Å²) in [5, 5.41) is 24.1. The van der Waals surface area contributed by atoms with Crippen molar-refractivity contribution >= 4 is 0 Å². The number of nitrogens with one attached hydrogen (secondary N) is 1. The van der Waals surface area contributed by atoms with E-state index in [1.165, 1.54) is 0 Å². The lowest BCUT2D eigenvalue weighted by molar-refractivity contribution is 0.0945. The molecule has 1 aromatic heterocycles. The van der Waals surface area contributed by atoms with Gasteiger partial charge in [0.05, 0.1) is 12.7 Å². The molecule has 6 nitrogen and oxygen atoms in total. The number of hydrogen-bond donors (Lipinski definition) is 3. The first-order valence-corrected chi connectivity index (χ1v) is 4.51. The Balaban J connectivity index is 2.10. The molecule has 0 bridgehead atoms. The highest BCUT2D eigenvalue weighted by Crippen LogP contribution is 1.95. The first-order valence-electron chi connectivity index (χ1n) is 4.51. The average Bonchev–Trinajstić information content (AvgIpc) is 2.58. The van der Waals surface area contributed by atoms with Crippen LogP contribution in [0.25, 0.3) is 0 Å². The Morgan fingerprint density at radius 2 is 2.36 bits per heavy atom. The molecule has 0 aromatic carbocycles. The monoisotopic (exact) mass is 201 g/mol. The maximum absolute atomic E-state index is 9.00. The Hall–Kier alpha value is -0.980. The fourth-order valence-corrected chi connectivity index (χ4v) is 0.970. The van der Waals surface area contributed by atoms with Gasteiger partial charge in [0.15, 0.2) is 5.82 Å². The number of nitrogens with zero attached hydrogens (tertiary/aromatic N) is 2. The smallest absolute Gasteiger partial charge is 0.227 e. The average molecular weight is 201 g/mol. The highest BCUT2D eigenvalue weighted by Gasteiger charge is 2.03. The summed E-state index contributed by atoms with van der Waals surface area (Å²) in [7, 11) is 0. The number of aliphatic hydroxyl groups is 2. The third kappa shape index (κ3) is 3.82. The van der Waals surface area contributed by atoms with Crippen molar-refractivity contribution in [2.75, 3.05) is 19.7 Å². The number of aliphatic hydroxyl groups excluding tert-OH is 2. The van der Waals surface area contributed by atoms with Crippen molar-refractivity contribution in [2.24, 2.45) is 0 Å². The fraction of sp³-hybridized carbons (Fsp3) is 0.750. The van der Waals surface area contributed by atoms with E-state index < -0.39 is 6.10 Å². The Morgan fingerprint density at radius 1 is 1.57 bits per heavy atom. The predicted molar refractivity (Wildman–Crippen MR) is 48.7 cm³/mol. The van der Waals surface area contributed by atoms with Crippen molar-refractivity contribution in [3.05, 3.63) is 11.7 Å². The molecular formula is C8H15N3O3. The van der Waals surface area contributed by atoms with Gasteiger partial charge in [-0.1, -0.05) is 5.16 Å². The van der Waals surface area contributed by atoms with Gasteiger partial charge in [-0.25, -0.2) is 0 Å². The second-order valence-electron chi connectivity index (χ2n) is 3.03. The van der Waals surface area contributed by atoms with Crippen LogP contribution in [0.5, 0.6) is 0 Å². The summed E-state index contributed by atoms with van der Waals surface area (Å²) in [5.41, 5.74) is 0. The molecule has 1 aromatic rings. The minimum atomic E-state index is -0.709. The minimum Gasteiger partial charge on any atom is -0.394 e. The summed E-state index contributed by atoms with van der Waals surface area (Å²) < 4.78 is 4.88. The van der Waals surface area contributed by atoms with Gasteiger partial charge >= 0.3 is 0 Å². The Kier molecular flexibility index (Phi) is 4.51. The van der Waals surface area contributed by atoms with Gasteiger partial charge in [0.1, 0.15) is 0 Å². The van der Waals surface area contributed by atoms with Gasteiger partial charge in [0, 0.05) is 19.5 Å². The Labute approximate surface area is 81.9 Å².